The van der Waals surface area contributed by atoms with E-state index in [1.807, 2.05) is 0 Å². The maximum atomic E-state index is 10.4. The molecule has 6 heteroatoms. The van der Waals surface area contributed by atoms with Crippen LogP contribution in [0.2, 0.25) is 0 Å². The van der Waals surface area contributed by atoms with Crippen molar-refractivity contribution in [1.29, 1.82) is 0 Å². The van der Waals surface area contributed by atoms with Crippen molar-refractivity contribution in [3.8, 4) is 5.75 Å². The van der Waals surface area contributed by atoms with Gasteiger partial charge in [-0.15, -0.1) is 0 Å². The number of hydrogen-bond donors (Lipinski definition) is 3. The number of aliphatic hydroxyl groups excluding tert-OH is 2. The molecule has 0 aliphatic heterocycles. The second-order valence-corrected chi connectivity index (χ2v) is 5.15. The van der Waals surface area contributed by atoms with Gasteiger partial charge in [0.25, 0.3) is 0 Å². The second-order valence-electron chi connectivity index (χ2n) is 4.00. The van der Waals surface area contributed by atoms with Gasteiger partial charge in [0.15, 0.2) is 0 Å². The molecule has 1 atom stereocenters. The molecule has 0 aliphatic carbocycles. The van der Waals surface area contributed by atoms with Gasteiger partial charge in [0.1, 0.15) is 5.75 Å². The van der Waals surface area contributed by atoms with Crippen LogP contribution in [0.1, 0.15) is 5.56 Å². The van der Waals surface area contributed by atoms with Crippen molar-refractivity contribution in [2.45, 2.75) is 6.10 Å². The summed E-state index contributed by atoms with van der Waals surface area (Å²) in [5, 5.41) is 26.3. The van der Waals surface area contributed by atoms with Crippen molar-refractivity contribution in [2.24, 2.45) is 0 Å². The molecule has 3 N–H and O–H groups in total. The van der Waals surface area contributed by atoms with E-state index in [4.69, 9.17) is 20.1 Å². The smallest absolute Gasteiger partial charge is 0.328 e. The topological polar surface area (TPSA) is 87.0 Å². The average molecular weight is 298 g/mol. The molecule has 0 aliphatic rings. The number of thioether (sulfide) groups is 1. The highest BCUT2D eigenvalue weighted by molar-refractivity contribution is 7.99. The standard InChI is InChI=1S/C14H18O5S/c15-9-12(16)10-20-8-7-19-13-4-1-11(2-5-13)3-6-14(17)18/h1-6,12,15-16H,7-10H2,(H,17,18). The summed E-state index contributed by atoms with van der Waals surface area (Å²) in [7, 11) is 0. The lowest BCUT2D eigenvalue weighted by molar-refractivity contribution is -0.131. The normalized spacial score (nSPS) is 12.5. The molecule has 110 valence electrons. The Hall–Kier alpha value is -1.50. The van der Waals surface area contributed by atoms with E-state index < -0.39 is 12.1 Å². The first-order valence-electron chi connectivity index (χ1n) is 6.12. The van der Waals surface area contributed by atoms with Crippen molar-refractivity contribution in [1.82, 2.24) is 0 Å². The fourth-order valence-electron chi connectivity index (χ4n) is 1.33. The van der Waals surface area contributed by atoms with Crippen molar-refractivity contribution in [2.75, 3.05) is 24.7 Å². The van der Waals surface area contributed by atoms with Crippen LogP contribution >= 0.6 is 11.8 Å². The van der Waals surface area contributed by atoms with Crippen molar-refractivity contribution >= 4 is 23.8 Å². The van der Waals surface area contributed by atoms with Crippen LogP contribution in [0, 0.1) is 0 Å². The van der Waals surface area contributed by atoms with E-state index in [9.17, 15) is 4.79 Å². The predicted molar refractivity (Wildman–Crippen MR) is 79.0 cm³/mol. The van der Waals surface area contributed by atoms with Gasteiger partial charge in [-0.2, -0.15) is 11.8 Å². The lowest BCUT2D eigenvalue weighted by Gasteiger charge is -2.08. The first-order valence-corrected chi connectivity index (χ1v) is 7.28. The molecule has 20 heavy (non-hydrogen) atoms. The van der Waals surface area contributed by atoms with Gasteiger partial charge in [-0.05, 0) is 23.8 Å². The van der Waals surface area contributed by atoms with E-state index in [1.165, 1.54) is 17.8 Å². The van der Waals surface area contributed by atoms with Crippen LogP contribution in [0.4, 0.5) is 0 Å². The fourth-order valence-corrected chi connectivity index (χ4v) is 2.08. The third kappa shape index (κ3) is 7.18. The molecule has 0 fully saturated rings. The Morgan fingerprint density at radius 3 is 2.65 bits per heavy atom. The summed E-state index contributed by atoms with van der Waals surface area (Å²) < 4.78 is 5.50. The van der Waals surface area contributed by atoms with E-state index >= 15 is 0 Å². The molecule has 0 heterocycles. The van der Waals surface area contributed by atoms with Crippen LogP contribution in [0.5, 0.6) is 5.75 Å². The zero-order valence-electron chi connectivity index (χ0n) is 10.9. The number of aliphatic carboxylic acids is 1. The molecule has 1 aromatic carbocycles. The Labute approximate surface area is 121 Å². The van der Waals surface area contributed by atoms with Crippen LogP contribution in [-0.2, 0) is 4.79 Å². The maximum Gasteiger partial charge on any atom is 0.328 e. The zero-order chi connectivity index (χ0) is 14.8. The average Bonchev–Trinajstić information content (AvgIpc) is 2.45. The van der Waals surface area contributed by atoms with Crippen LogP contribution in [0.25, 0.3) is 6.08 Å². The molecule has 0 saturated carbocycles. The lowest BCUT2D eigenvalue weighted by atomic mass is 10.2. The number of carboxylic acid groups (broad SMARTS) is 1. The Morgan fingerprint density at radius 1 is 1.35 bits per heavy atom. The third-order valence-corrected chi connectivity index (χ3v) is 3.39. The summed E-state index contributed by atoms with van der Waals surface area (Å²) in [6.07, 6.45) is 1.91. The monoisotopic (exact) mass is 298 g/mol. The molecule has 0 amide bonds. The second kappa shape index (κ2) is 9.41. The van der Waals surface area contributed by atoms with Gasteiger partial charge in [-0.3, -0.25) is 0 Å². The third-order valence-electron chi connectivity index (χ3n) is 2.32. The van der Waals surface area contributed by atoms with E-state index in [2.05, 4.69) is 0 Å². The van der Waals surface area contributed by atoms with E-state index in [0.29, 0.717) is 18.1 Å². The molecule has 0 aromatic heterocycles. The number of ether oxygens (including phenoxy) is 1. The minimum atomic E-state index is -0.979. The van der Waals surface area contributed by atoms with Crippen molar-refractivity contribution < 1.29 is 24.9 Å². The summed E-state index contributed by atoms with van der Waals surface area (Å²) in [4.78, 5) is 10.4. The van der Waals surface area contributed by atoms with Gasteiger partial charge in [0.2, 0.25) is 0 Å². The largest absolute Gasteiger partial charge is 0.493 e. The van der Waals surface area contributed by atoms with Crippen LogP contribution in [-0.4, -0.2) is 52.1 Å². The molecule has 0 spiro atoms. The first-order chi connectivity index (χ1) is 9.61. The van der Waals surface area contributed by atoms with Crippen LogP contribution in [0.15, 0.2) is 30.3 Å². The summed E-state index contributed by atoms with van der Waals surface area (Å²) in [5.74, 6) is 0.935. The Bertz CT molecular complexity index is 430. The Morgan fingerprint density at radius 2 is 2.05 bits per heavy atom. The summed E-state index contributed by atoms with van der Waals surface area (Å²) in [5.41, 5.74) is 0.792. The van der Waals surface area contributed by atoms with Crippen molar-refractivity contribution in [3.05, 3.63) is 35.9 Å². The van der Waals surface area contributed by atoms with E-state index in [1.54, 1.807) is 24.3 Å². The zero-order valence-corrected chi connectivity index (χ0v) is 11.8. The fraction of sp³-hybridized carbons (Fsp3) is 0.357. The minimum absolute atomic E-state index is 0.223. The Balaban J connectivity index is 2.26. The SMILES string of the molecule is O=C(O)C=Cc1ccc(OCCSCC(O)CO)cc1. The van der Waals surface area contributed by atoms with Gasteiger partial charge in [0.05, 0.1) is 19.3 Å². The maximum absolute atomic E-state index is 10.4. The van der Waals surface area contributed by atoms with Gasteiger partial charge in [0, 0.05) is 17.6 Å². The highest BCUT2D eigenvalue weighted by Gasteiger charge is 2.01. The molecule has 1 rings (SSSR count). The van der Waals surface area contributed by atoms with Crippen molar-refractivity contribution in [3.63, 3.8) is 0 Å². The summed E-state index contributed by atoms with van der Waals surface area (Å²) in [6.45, 7) is 0.284. The lowest BCUT2D eigenvalue weighted by Crippen LogP contribution is -2.15. The molecule has 0 radical (unpaired) electrons. The van der Waals surface area contributed by atoms with Gasteiger partial charge in [-0.1, -0.05) is 12.1 Å². The van der Waals surface area contributed by atoms with Gasteiger partial charge >= 0.3 is 5.97 Å². The molecule has 1 aromatic rings. The quantitative estimate of drug-likeness (QED) is 0.470. The summed E-state index contributed by atoms with van der Waals surface area (Å²) >= 11 is 1.51. The summed E-state index contributed by atoms with van der Waals surface area (Å²) in [6, 6.07) is 7.10. The molecule has 1 unspecified atom stereocenters. The molecular formula is C14H18O5S. The molecular weight excluding hydrogens is 280 g/mol. The van der Waals surface area contributed by atoms with Crippen LogP contribution < -0.4 is 4.74 Å². The highest BCUT2D eigenvalue weighted by atomic mass is 32.2. The Kier molecular flexibility index (Phi) is 7.79. The first kappa shape index (κ1) is 16.6. The molecule has 0 bridgehead atoms. The number of carbonyl (C=O) groups is 1. The number of hydrogen-bond acceptors (Lipinski definition) is 5. The molecule has 5 nitrogen and oxygen atoms in total. The number of carboxylic acids is 1. The van der Waals surface area contributed by atoms with Crippen LogP contribution in [0.3, 0.4) is 0 Å². The number of benzene rings is 1. The number of aliphatic hydroxyl groups is 2. The minimum Gasteiger partial charge on any atom is -0.493 e. The highest BCUT2D eigenvalue weighted by Crippen LogP contribution is 2.14. The predicted octanol–water partition coefficient (Wildman–Crippen LogP) is 1.25. The van der Waals surface area contributed by atoms with E-state index in [-0.39, 0.29) is 6.61 Å². The van der Waals surface area contributed by atoms with E-state index in [0.717, 1.165) is 17.4 Å². The number of rotatable bonds is 9. The molecule has 0 saturated heterocycles. The van der Waals surface area contributed by atoms with Gasteiger partial charge < -0.3 is 20.1 Å². The van der Waals surface area contributed by atoms with Gasteiger partial charge in [-0.25, -0.2) is 4.79 Å².